The highest BCUT2D eigenvalue weighted by Crippen LogP contribution is 2.15. The Morgan fingerprint density at radius 2 is 1.91 bits per heavy atom. The number of nitrogens with one attached hydrogen (secondary N) is 2. The Balaban J connectivity index is 0.000000980. The summed E-state index contributed by atoms with van der Waals surface area (Å²) >= 11 is 0. The van der Waals surface area contributed by atoms with E-state index in [1.54, 1.807) is 0 Å². The van der Waals surface area contributed by atoms with Crippen LogP contribution in [-0.4, -0.2) is 18.8 Å². The molecular formula is C19H38N2O. The van der Waals surface area contributed by atoms with Crippen LogP contribution in [0.3, 0.4) is 0 Å². The first-order chi connectivity index (χ1) is 10.3. The summed E-state index contributed by atoms with van der Waals surface area (Å²) in [5.74, 6) is 0.833. The molecule has 0 amide bonds. The second-order valence-corrected chi connectivity index (χ2v) is 7.36. The molecule has 3 nitrogen and oxygen atoms in total. The Morgan fingerprint density at radius 1 is 1.27 bits per heavy atom. The molecule has 1 aliphatic carbocycles. The SMILES string of the molecule is CC(C)C.CCOCCCC(C)(C)NNC1=CCCC(C)=C1. The number of rotatable bonds is 8. The van der Waals surface area contributed by atoms with Crippen molar-refractivity contribution in [1.82, 2.24) is 10.9 Å². The van der Waals surface area contributed by atoms with Crippen molar-refractivity contribution in [3.63, 3.8) is 0 Å². The molecule has 0 aromatic carbocycles. The molecule has 0 radical (unpaired) electrons. The first-order valence-electron chi connectivity index (χ1n) is 8.75. The lowest BCUT2D eigenvalue weighted by Gasteiger charge is -2.28. The van der Waals surface area contributed by atoms with Crippen LogP contribution < -0.4 is 10.9 Å². The summed E-state index contributed by atoms with van der Waals surface area (Å²) in [6.45, 7) is 16.8. The van der Waals surface area contributed by atoms with Crippen molar-refractivity contribution in [2.45, 2.75) is 79.7 Å². The highest BCUT2D eigenvalue weighted by atomic mass is 16.5. The van der Waals surface area contributed by atoms with E-state index in [0.717, 1.165) is 38.4 Å². The van der Waals surface area contributed by atoms with Gasteiger partial charge in [0.15, 0.2) is 0 Å². The second kappa shape index (κ2) is 11.7. The maximum atomic E-state index is 5.37. The lowest BCUT2D eigenvalue weighted by atomic mass is 10.00. The number of allylic oxidation sites excluding steroid dienone is 3. The van der Waals surface area contributed by atoms with Gasteiger partial charge in [-0.15, -0.1) is 0 Å². The molecule has 0 unspecified atom stereocenters. The van der Waals surface area contributed by atoms with Gasteiger partial charge in [-0.3, -0.25) is 0 Å². The van der Waals surface area contributed by atoms with Crippen molar-refractivity contribution in [1.29, 1.82) is 0 Å². The minimum atomic E-state index is 0.0805. The average Bonchev–Trinajstić information content (AvgIpc) is 2.41. The predicted molar refractivity (Wildman–Crippen MR) is 97.7 cm³/mol. The van der Waals surface area contributed by atoms with Crippen LogP contribution in [0, 0.1) is 5.92 Å². The zero-order valence-electron chi connectivity index (χ0n) is 15.9. The summed E-state index contributed by atoms with van der Waals surface area (Å²) in [5.41, 5.74) is 9.45. The van der Waals surface area contributed by atoms with E-state index in [1.807, 2.05) is 6.92 Å². The normalized spacial score (nSPS) is 14.9. The van der Waals surface area contributed by atoms with Gasteiger partial charge in [0.05, 0.1) is 0 Å². The quantitative estimate of drug-likeness (QED) is 0.491. The molecule has 0 atom stereocenters. The molecular weight excluding hydrogens is 272 g/mol. The van der Waals surface area contributed by atoms with Crippen LogP contribution in [0.25, 0.3) is 0 Å². The van der Waals surface area contributed by atoms with Gasteiger partial charge in [0.1, 0.15) is 0 Å². The van der Waals surface area contributed by atoms with Crippen LogP contribution in [0.1, 0.15) is 74.1 Å². The molecule has 0 bridgehead atoms. The molecule has 0 saturated carbocycles. The molecule has 1 rings (SSSR count). The lowest BCUT2D eigenvalue weighted by Crippen LogP contribution is -2.47. The largest absolute Gasteiger partial charge is 0.382 e. The zero-order chi connectivity index (χ0) is 17.0. The minimum absolute atomic E-state index is 0.0805. The summed E-state index contributed by atoms with van der Waals surface area (Å²) in [6.07, 6.45) is 8.96. The molecule has 0 saturated heterocycles. The minimum Gasteiger partial charge on any atom is -0.382 e. The summed E-state index contributed by atoms with van der Waals surface area (Å²) in [6, 6.07) is 0. The highest BCUT2D eigenvalue weighted by Gasteiger charge is 2.16. The van der Waals surface area contributed by atoms with Crippen molar-refractivity contribution < 1.29 is 4.74 Å². The monoisotopic (exact) mass is 310 g/mol. The molecule has 0 fully saturated rings. The maximum Gasteiger partial charge on any atom is 0.0466 e. The van der Waals surface area contributed by atoms with E-state index in [0.29, 0.717) is 0 Å². The zero-order valence-corrected chi connectivity index (χ0v) is 15.9. The van der Waals surface area contributed by atoms with Crippen LogP contribution >= 0.6 is 0 Å². The second-order valence-electron chi connectivity index (χ2n) is 7.36. The summed E-state index contributed by atoms with van der Waals surface area (Å²) in [4.78, 5) is 0. The van der Waals surface area contributed by atoms with E-state index >= 15 is 0 Å². The van der Waals surface area contributed by atoms with Crippen molar-refractivity contribution in [2.24, 2.45) is 5.92 Å². The van der Waals surface area contributed by atoms with Crippen LogP contribution in [0.5, 0.6) is 0 Å². The third kappa shape index (κ3) is 12.9. The third-order valence-corrected chi connectivity index (χ3v) is 3.14. The summed E-state index contributed by atoms with van der Waals surface area (Å²) < 4.78 is 5.37. The topological polar surface area (TPSA) is 33.3 Å². The fraction of sp³-hybridized carbons (Fsp3) is 0.789. The van der Waals surface area contributed by atoms with Gasteiger partial charge in [-0.2, -0.15) is 0 Å². The first kappa shape index (κ1) is 21.2. The molecule has 22 heavy (non-hydrogen) atoms. The third-order valence-electron chi connectivity index (χ3n) is 3.14. The van der Waals surface area contributed by atoms with Gasteiger partial charge >= 0.3 is 0 Å². The molecule has 0 spiro atoms. The standard InChI is InChI=1S/C15H28N2O.C4H10/c1-5-18-11-7-10-15(3,4)17-16-14-9-6-8-13(2)12-14;1-4(2)3/h9,12,16-17H,5-8,10-11H2,1-4H3;4H,1-3H3. The van der Waals surface area contributed by atoms with Crippen molar-refractivity contribution in [2.75, 3.05) is 13.2 Å². The molecule has 1 aliphatic rings. The van der Waals surface area contributed by atoms with E-state index in [9.17, 15) is 0 Å². The van der Waals surface area contributed by atoms with Crippen molar-refractivity contribution in [3.8, 4) is 0 Å². The van der Waals surface area contributed by atoms with Crippen LogP contribution in [-0.2, 0) is 4.74 Å². The lowest BCUT2D eigenvalue weighted by molar-refractivity contribution is 0.135. The highest BCUT2D eigenvalue weighted by molar-refractivity contribution is 5.24. The van der Waals surface area contributed by atoms with E-state index < -0.39 is 0 Å². The van der Waals surface area contributed by atoms with Crippen molar-refractivity contribution in [3.05, 3.63) is 23.4 Å². The fourth-order valence-corrected chi connectivity index (χ4v) is 2.00. The Kier molecular flexibility index (Phi) is 11.3. The van der Waals surface area contributed by atoms with Gasteiger partial charge in [-0.25, -0.2) is 5.43 Å². The van der Waals surface area contributed by atoms with Gasteiger partial charge in [0, 0.05) is 24.4 Å². The number of hydrogen-bond donors (Lipinski definition) is 2. The summed E-state index contributed by atoms with van der Waals surface area (Å²) in [7, 11) is 0. The number of ether oxygens (including phenoxy) is 1. The van der Waals surface area contributed by atoms with Gasteiger partial charge < -0.3 is 10.2 Å². The molecule has 0 aromatic heterocycles. The smallest absolute Gasteiger partial charge is 0.0466 e. The number of hydrazine groups is 1. The molecule has 3 heteroatoms. The van der Waals surface area contributed by atoms with E-state index in [-0.39, 0.29) is 5.54 Å². The Bertz CT molecular complexity index is 341. The summed E-state index contributed by atoms with van der Waals surface area (Å²) in [5, 5.41) is 0. The van der Waals surface area contributed by atoms with Crippen LogP contribution in [0.15, 0.2) is 23.4 Å². The van der Waals surface area contributed by atoms with Crippen molar-refractivity contribution >= 4 is 0 Å². The van der Waals surface area contributed by atoms with E-state index in [1.165, 1.54) is 17.7 Å². The van der Waals surface area contributed by atoms with E-state index in [2.05, 4.69) is 64.5 Å². The molecule has 130 valence electrons. The molecule has 0 heterocycles. The fourth-order valence-electron chi connectivity index (χ4n) is 2.00. The Hall–Kier alpha value is -0.800. The Morgan fingerprint density at radius 3 is 2.45 bits per heavy atom. The molecule has 0 aliphatic heterocycles. The van der Waals surface area contributed by atoms with Gasteiger partial charge in [-0.05, 0) is 65.4 Å². The average molecular weight is 311 g/mol. The predicted octanol–water partition coefficient (Wildman–Crippen LogP) is 4.96. The van der Waals surface area contributed by atoms with Gasteiger partial charge in [0.25, 0.3) is 0 Å². The molecule has 2 N–H and O–H groups in total. The van der Waals surface area contributed by atoms with E-state index in [4.69, 9.17) is 4.74 Å². The Labute approximate surface area is 138 Å². The van der Waals surface area contributed by atoms with Gasteiger partial charge in [-0.1, -0.05) is 32.4 Å². The van der Waals surface area contributed by atoms with Crippen LogP contribution in [0.2, 0.25) is 0 Å². The number of hydrogen-bond acceptors (Lipinski definition) is 3. The first-order valence-corrected chi connectivity index (χ1v) is 8.75. The van der Waals surface area contributed by atoms with Crippen LogP contribution in [0.4, 0.5) is 0 Å². The molecule has 0 aromatic rings. The maximum absolute atomic E-state index is 5.37. The van der Waals surface area contributed by atoms with Gasteiger partial charge in [0.2, 0.25) is 0 Å².